The standard InChI is InChI=1S/C24H29FN2O4/c1-6-15(2)20(27-23(30)31-24(3,4)5)22(29)26-19-13-12-17(25)14-18(19)21(28)16-10-8-7-9-11-16/h7-15,20H,6H2,1-5H3,(H,26,29)(H,27,30)/t15-,20-/m0/s1. The van der Waals surface area contributed by atoms with Crippen molar-refractivity contribution in [3.05, 3.63) is 65.5 Å². The van der Waals surface area contributed by atoms with Gasteiger partial charge in [0.1, 0.15) is 17.5 Å². The molecule has 0 spiro atoms. The molecule has 0 radical (unpaired) electrons. The first-order valence-corrected chi connectivity index (χ1v) is 10.2. The minimum atomic E-state index is -0.899. The first-order valence-electron chi connectivity index (χ1n) is 10.2. The summed E-state index contributed by atoms with van der Waals surface area (Å²) in [5, 5.41) is 5.28. The highest BCUT2D eigenvalue weighted by Crippen LogP contribution is 2.22. The number of carbonyl (C=O) groups is 3. The second kappa shape index (κ2) is 10.2. The van der Waals surface area contributed by atoms with E-state index in [9.17, 15) is 18.8 Å². The zero-order chi connectivity index (χ0) is 23.2. The average molecular weight is 429 g/mol. The summed E-state index contributed by atoms with van der Waals surface area (Å²) in [5.41, 5.74) is -0.152. The van der Waals surface area contributed by atoms with Crippen LogP contribution in [0.25, 0.3) is 0 Å². The van der Waals surface area contributed by atoms with Crippen LogP contribution >= 0.6 is 0 Å². The van der Waals surface area contributed by atoms with E-state index in [2.05, 4.69) is 10.6 Å². The van der Waals surface area contributed by atoms with Crippen LogP contribution in [-0.2, 0) is 9.53 Å². The van der Waals surface area contributed by atoms with E-state index < -0.39 is 35.2 Å². The molecule has 2 aromatic carbocycles. The van der Waals surface area contributed by atoms with Gasteiger partial charge in [0.2, 0.25) is 5.91 Å². The van der Waals surface area contributed by atoms with Crippen molar-refractivity contribution in [1.82, 2.24) is 5.32 Å². The quantitative estimate of drug-likeness (QED) is 0.612. The maximum atomic E-state index is 13.9. The van der Waals surface area contributed by atoms with Crippen LogP contribution in [0.1, 0.15) is 57.0 Å². The normalized spacial score (nSPS) is 13.1. The van der Waals surface area contributed by atoms with Crippen LogP contribution in [0.3, 0.4) is 0 Å². The maximum absolute atomic E-state index is 13.9. The minimum Gasteiger partial charge on any atom is -0.444 e. The van der Waals surface area contributed by atoms with Crippen molar-refractivity contribution < 1.29 is 23.5 Å². The summed E-state index contributed by atoms with van der Waals surface area (Å²) in [6, 6.07) is 11.1. The molecular formula is C24H29FN2O4. The van der Waals surface area contributed by atoms with Gasteiger partial charge in [0.15, 0.2) is 5.78 Å². The Morgan fingerprint density at radius 2 is 1.71 bits per heavy atom. The van der Waals surface area contributed by atoms with Gasteiger partial charge in [-0.25, -0.2) is 9.18 Å². The smallest absolute Gasteiger partial charge is 0.408 e. The monoisotopic (exact) mass is 428 g/mol. The molecule has 0 aliphatic heterocycles. The number of carbonyl (C=O) groups excluding carboxylic acids is 3. The Hall–Kier alpha value is -3.22. The van der Waals surface area contributed by atoms with Crippen LogP contribution in [0.2, 0.25) is 0 Å². The van der Waals surface area contributed by atoms with Gasteiger partial charge in [0.25, 0.3) is 0 Å². The largest absolute Gasteiger partial charge is 0.444 e. The summed E-state index contributed by atoms with van der Waals surface area (Å²) >= 11 is 0. The van der Waals surface area contributed by atoms with E-state index in [4.69, 9.17) is 4.74 Å². The lowest BCUT2D eigenvalue weighted by Gasteiger charge is -2.26. The summed E-state index contributed by atoms with van der Waals surface area (Å²) < 4.78 is 19.2. The van der Waals surface area contributed by atoms with E-state index in [0.717, 1.165) is 12.1 Å². The second-order valence-corrected chi connectivity index (χ2v) is 8.38. The van der Waals surface area contributed by atoms with Gasteiger partial charge in [-0.15, -0.1) is 0 Å². The number of hydrogen-bond acceptors (Lipinski definition) is 4. The molecule has 166 valence electrons. The van der Waals surface area contributed by atoms with Crippen molar-refractivity contribution in [2.24, 2.45) is 5.92 Å². The van der Waals surface area contributed by atoms with Crippen LogP contribution in [0.5, 0.6) is 0 Å². The van der Waals surface area contributed by atoms with Crippen LogP contribution in [-0.4, -0.2) is 29.4 Å². The predicted molar refractivity (Wildman–Crippen MR) is 118 cm³/mol. The van der Waals surface area contributed by atoms with E-state index in [0.29, 0.717) is 12.0 Å². The third-order valence-corrected chi connectivity index (χ3v) is 4.69. The summed E-state index contributed by atoms with van der Waals surface area (Å²) in [6.07, 6.45) is -0.0970. The third kappa shape index (κ3) is 6.91. The Bertz CT molecular complexity index is 938. The van der Waals surface area contributed by atoms with Crippen molar-refractivity contribution >= 4 is 23.5 Å². The van der Waals surface area contributed by atoms with Gasteiger partial charge in [-0.1, -0.05) is 50.6 Å². The number of hydrogen-bond donors (Lipinski definition) is 2. The molecule has 31 heavy (non-hydrogen) atoms. The molecule has 0 aromatic heterocycles. The number of ketones is 1. The lowest BCUT2D eigenvalue weighted by Crippen LogP contribution is -2.49. The second-order valence-electron chi connectivity index (χ2n) is 8.38. The highest BCUT2D eigenvalue weighted by molar-refractivity contribution is 6.14. The van der Waals surface area contributed by atoms with Crippen molar-refractivity contribution in [2.75, 3.05) is 5.32 Å². The molecule has 0 fully saturated rings. The van der Waals surface area contributed by atoms with Crippen LogP contribution in [0, 0.1) is 11.7 Å². The summed E-state index contributed by atoms with van der Waals surface area (Å²) in [7, 11) is 0. The Balaban J connectivity index is 2.29. The number of anilines is 1. The maximum Gasteiger partial charge on any atom is 0.408 e. The topological polar surface area (TPSA) is 84.5 Å². The summed E-state index contributed by atoms with van der Waals surface area (Å²) in [6.45, 7) is 8.90. The molecule has 7 heteroatoms. The number of ether oxygens (including phenoxy) is 1. The van der Waals surface area contributed by atoms with Gasteiger partial charge in [0.05, 0.1) is 5.69 Å². The number of benzene rings is 2. The highest BCUT2D eigenvalue weighted by Gasteiger charge is 2.29. The molecular weight excluding hydrogens is 399 g/mol. The molecule has 6 nitrogen and oxygen atoms in total. The third-order valence-electron chi connectivity index (χ3n) is 4.69. The van der Waals surface area contributed by atoms with Crippen LogP contribution < -0.4 is 10.6 Å². The molecule has 0 aliphatic rings. The number of rotatable bonds is 7. The number of halogens is 1. The first kappa shape index (κ1) is 24.1. The molecule has 0 aliphatic carbocycles. The zero-order valence-corrected chi connectivity index (χ0v) is 18.5. The Morgan fingerprint density at radius 1 is 1.06 bits per heavy atom. The summed E-state index contributed by atoms with van der Waals surface area (Å²) in [4.78, 5) is 38.1. The SMILES string of the molecule is CC[C@H](C)[C@H](NC(=O)OC(C)(C)C)C(=O)Nc1ccc(F)cc1C(=O)c1ccccc1. The van der Waals surface area contributed by atoms with Crippen molar-refractivity contribution in [3.63, 3.8) is 0 Å². The zero-order valence-electron chi connectivity index (χ0n) is 18.5. The van der Waals surface area contributed by atoms with Gasteiger partial charge >= 0.3 is 6.09 Å². The molecule has 0 unspecified atom stereocenters. The predicted octanol–water partition coefficient (Wildman–Crippen LogP) is 4.93. The van der Waals surface area contributed by atoms with E-state index >= 15 is 0 Å². The van der Waals surface area contributed by atoms with Gasteiger partial charge < -0.3 is 15.4 Å². The lowest BCUT2D eigenvalue weighted by molar-refractivity contribution is -0.119. The molecule has 2 atom stereocenters. The lowest BCUT2D eigenvalue weighted by atomic mass is 9.97. The number of amides is 2. The molecule has 0 bridgehead atoms. The molecule has 2 rings (SSSR count). The van der Waals surface area contributed by atoms with E-state index in [1.165, 1.54) is 6.07 Å². The van der Waals surface area contributed by atoms with Crippen LogP contribution in [0.15, 0.2) is 48.5 Å². The Labute approximate surface area is 182 Å². The highest BCUT2D eigenvalue weighted by atomic mass is 19.1. The Morgan fingerprint density at radius 3 is 2.29 bits per heavy atom. The van der Waals surface area contributed by atoms with Gasteiger partial charge in [0, 0.05) is 11.1 Å². The Kier molecular flexibility index (Phi) is 7.91. The van der Waals surface area contributed by atoms with Crippen molar-refractivity contribution in [2.45, 2.75) is 52.7 Å². The molecule has 0 heterocycles. The fourth-order valence-electron chi connectivity index (χ4n) is 2.91. The van der Waals surface area contributed by atoms with Crippen molar-refractivity contribution in [1.29, 1.82) is 0 Å². The van der Waals surface area contributed by atoms with Gasteiger partial charge in [-0.05, 0) is 44.9 Å². The molecule has 2 N–H and O–H groups in total. The molecule has 0 saturated carbocycles. The van der Waals surface area contributed by atoms with Gasteiger partial charge in [-0.3, -0.25) is 9.59 Å². The van der Waals surface area contributed by atoms with Crippen molar-refractivity contribution in [3.8, 4) is 0 Å². The van der Waals surface area contributed by atoms with E-state index in [1.807, 2.05) is 13.8 Å². The van der Waals surface area contributed by atoms with Gasteiger partial charge in [-0.2, -0.15) is 0 Å². The number of nitrogens with one attached hydrogen (secondary N) is 2. The molecule has 0 saturated heterocycles. The van der Waals surface area contributed by atoms with Crippen LogP contribution in [0.4, 0.5) is 14.9 Å². The fraction of sp³-hybridized carbons (Fsp3) is 0.375. The molecule has 2 aromatic rings. The van der Waals surface area contributed by atoms with E-state index in [1.54, 1.807) is 51.1 Å². The number of alkyl carbamates (subject to hydrolysis) is 1. The summed E-state index contributed by atoms with van der Waals surface area (Å²) in [5.74, 6) is -1.74. The average Bonchev–Trinajstić information content (AvgIpc) is 2.71. The first-order chi connectivity index (χ1) is 14.5. The molecule has 2 amide bonds. The fourth-order valence-corrected chi connectivity index (χ4v) is 2.91. The van der Waals surface area contributed by atoms with E-state index in [-0.39, 0.29) is 17.2 Å². The minimum absolute atomic E-state index is 0.0275.